The van der Waals surface area contributed by atoms with Crippen molar-refractivity contribution in [2.24, 2.45) is 0 Å². The minimum atomic E-state index is -0.184. The van der Waals surface area contributed by atoms with E-state index in [0.29, 0.717) is 0 Å². The molecule has 0 aliphatic heterocycles. The van der Waals surface area contributed by atoms with Gasteiger partial charge >= 0.3 is 5.97 Å². The molecule has 0 atom stereocenters. The summed E-state index contributed by atoms with van der Waals surface area (Å²) >= 11 is 3.37. The Hall–Kier alpha value is -0.350. The van der Waals surface area contributed by atoms with Gasteiger partial charge in [-0.3, -0.25) is 0 Å². The SMILES string of the molecule is CO.COC(=O)C1=C(Br)CCCC1.[HH]. The van der Waals surface area contributed by atoms with Crippen molar-refractivity contribution in [3.63, 3.8) is 0 Å². The van der Waals surface area contributed by atoms with Gasteiger partial charge in [0.15, 0.2) is 0 Å². The van der Waals surface area contributed by atoms with Gasteiger partial charge in [-0.05, 0) is 25.7 Å². The Bertz CT molecular complexity index is 204. The van der Waals surface area contributed by atoms with Gasteiger partial charge in [-0.2, -0.15) is 0 Å². The Morgan fingerprint density at radius 3 is 2.46 bits per heavy atom. The van der Waals surface area contributed by atoms with Crippen molar-refractivity contribution in [2.45, 2.75) is 25.7 Å². The summed E-state index contributed by atoms with van der Waals surface area (Å²) in [5.74, 6) is -0.184. The van der Waals surface area contributed by atoms with Crippen LogP contribution in [-0.4, -0.2) is 25.3 Å². The maximum Gasteiger partial charge on any atom is 0.334 e. The molecule has 1 aliphatic rings. The van der Waals surface area contributed by atoms with Gasteiger partial charge in [0, 0.05) is 18.6 Å². The van der Waals surface area contributed by atoms with Crippen LogP contribution < -0.4 is 0 Å². The summed E-state index contributed by atoms with van der Waals surface area (Å²) in [6.07, 6.45) is 4.10. The van der Waals surface area contributed by atoms with Crippen molar-refractivity contribution in [3.05, 3.63) is 10.1 Å². The molecule has 78 valence electrons. The van der Waals surface area contributed by atoms with E-state index in [1.54, 1.807) is 0 Å². The van der Waals surface area contributed by atoms with Crippen LogP contribution in [0.1, 0.15) is 27.1 Å². The first-order valence-electron chi connectivity index (χ1n) is 4.16. The zero-order chi connectivity index (χ0) is 10.3. The molecule has 0 amide bonds. The Kier molecular flexibility index (Phi) is 6.90. The average molecular weight is 253 g/mol. The monoisotopic (exact) mass is 252 g/mol. The quantitative estimate of drug-likeness (QED) is 0.729. The highest BCUT2D eigenvalue weighted by Gasteiger charge is 2.17. The molecule has 0 unspecified atom stereocenters. The molecule has 0 spiro atoms. The molecular formula is C9H17BrO3. The van der Waals surface area contributed by atoms with Gasteiger partial charge in [-0.25, -0.2) is 4.79 Å². The molecule has 0 fully saturated rings. The summed E-state index contributed by atoms with van der Waals surface area (Å²) in [7, 11) is 2.42. The first-order chi connectivity index (χ1) is 6.25. The standard InChI is InChI=1S/C8H11BrO2.CH4O.H2/c1-11-8(10)6-4-2-3-5-7(6)9;1-2;/h2-5H2,1H3;2H,1H3;1H. The molecule has 0 saturated heterocycles. The fourth-order valence-corrected chi connectivity index (χ4v) is 1.84. The van der Waals surface area contributed by atoms with Crippen molar-refractivity contribution in [1.29, 1.82) is 0 Å². The summed E-state index contributed by atoms with van der Waals surface area (Å²) in [5.41, 5.74) is 0.818. The Balaban J connectivity index is 0. The van der Waals surface area contributed by atoms with Crippen LogP contribution in [0.5, 0.6) is 0 Å². The summed E-state index contributed by atoms with van der Waals surface area (Å²) < 4.78 is 5.66. The fourth-order valence-electron chi connectivity index (χ4n) is 1.20. The minimum absolute atomic E-state index is 0. The van der Waals surface area contributed by atoms with Gasteiger partial charge in [0.2, 0.25) is 0 Å². The number of esters is 1. The fraction of sp³-hybridized carbons (Fsp3) is 0.667. The lowest BCUT2D eigenvalue weighted by Crippen LogP contribution is -2.09. The average Bonchev–Trinajstić information content (AvgIpc) is 2.20. The molecule has 0 aromatic carbocycles. The second-order valence-electron chi connectivity index (χ2n) is 2.58. The van der Waals surface area contributed by atoms with Crippen LogP contribution in [0.15, 0.2) is 10.1 Å². The number of aliphatic hydroxyl groups is 1. The molecule has 0 aromatic heterocycles. The summed E-state index contributed by atoms with van der Waals surface area (Å²) in [4.78, 5) is 11.1. The number of carbonyl (C=O) groups excluding carboxylic acids is 1. The second kappa shape index (κ2) is 7.09. The third kappa shape index (κ3) is 3.91. The molecule has 0 radical (unpaired) electrons. The van der Waals surface area contributed by atoms with E-state index in [4.69, 9.17) is 5.11 Å². The van der Waals surface area contributed by atoms with Crippen LogP contribution in [0.4, 0.5) is 0 Å². The van der Waals surface area contributed by atoms with E-state index in [1.165, 1.54) is 13.5 Å². The lowest BCUT2D eigenvalue weighted by atomic mass is 10.00. The van der Waals surface area contributed by atoms with Crippen LogP contribution in [0.25, 0.3) is 0 Å². The van der Waals surface area contributed by atoms with Gasteiger partial charge in [-0.1, -0.05) is 15.9 Å². The largest absolute Gasteiger partial charge is 0.466 e. The number of methoxy groups -OCH3 is 1. The van der Waals surface area contributed by atoms with Crippen LogP contribution >= 0.6 is 15.9 Å². The predicted octanol–water partition coefficient (Wildman–Crippen LogP) is 2.24. The zero-order valence-corrected chi connectivity index (χ0v) is 9.56. The maximum atomic E-state index is 11.1. The van der Waals surface area contributed by atoms with Gasteiger partial charge in [0.1, 0.15) is 0 Å². The first-order valence-corrected chi connectivity index (χ1v) is 4.95. The number of ether oxygens (including phenoxy) is 1. The third-order valence-electron chi connectivity index (χ3n) is 1.83. The molecule has 1 aliphatic carbocycles. The number of hydrogen-bond donors (Lipinski definition) is 1. The van der Waals surface area contributed by atoms with Crippen LogP contribution in [0.2, 0.25) is 0 Å². The molecule has 1 rings (SSSR count). The minimum Gasteiger partial charge on any atom is -0.466 e. The normalized spacial score (nSPS) is 16.0. The molecule has 1 N–H and O–H groups in total. The Morgan fingerprint density at radius 1 is 1.46 bits per heavy atom. The molecule has 13 heavy (non-hydrogen) atoms. The lowest BCUT2D eigenvalue weighted by Gasteiger charge is -2.13. The molecule has 0 heterocycles. The van der Waals surface area contributed by atoms with Gasteiger partial charge in [-0.15, -0.1) is 0 Å². The van der Waals surface area contributed by atoms with Crippen LogP contribution in [0.3, 0.4) is 0 Å². The van der Waals surface area contributed by atoms with Gasteiger partial charge in [0.25, 0.3) is 0 Å². The van der Waals surface area contributed by atoms with E-state index in [9.17, 15) is 4.79 Å². The van der Waals surface area contributed by atoms with Crippen molar-refractivity contribution < 1.29 is 16.1 Å². The van der Waals surface area contributed by atoms with Gasteiger partial charge < -0.3 is 9.84 Å². The summed E-state index contributed by atoms with van der Waals surface area (Å²) in [5, 5.41) is 7.00. The number of hydrogen-bond acceptors (Lipinski definition) is 3. The summed E-state index contributed by atoms with van der Waals surface area (Å²) in [6, 6.07) is 0. The summed E-state index contributed by atoms with van der Waals surface area (Å²) in [6.45, 7) is 0. The van der Waals surface area contributed by atoms with Crippen molar-refractivity contribution >= 4 is 21.9 Å². The third-order valence-corrected chi connectivity index (χ3v) is 2.71. The molecule has 0 aromatic rings. The van der Waals surface area contributed by atoms with E-state index in [1.807, 2.05) is 0 Å². The first kappa shape index (κ1) is 12.7. The van der Waals surface area contributed by atoms with Crippen LogP contribution in [-0.2, 0) is 9.53 Å². The van der Waals surface area contributed by atoms with E-state index in [2.05, 4.69) is 20.7 Å². The molecular weight excluding hydrogens is 236 g/mol. The topological polar surface area (TPSA) is 46.5 Å². The lowest BCUT2D eigenvalue weighted by molar-refractivity contribution is -0.136. The van der Waals surface area contributed by atoms with Crippen molar-refractivity contribution in [1.82, 2.24) is 0 Å². The Labute approximate surface area is 88.4 Å². The molecule has 0 saturated carbocycles. The van der Waals surface area contributed by atoms with E-state index in [-0.39, 0.29) is 7.40 Å². The number of aliphatic hydroxyl groups excluding tert-OH is 1. The molecule has 0 bridgehead atoms. The number of rotatable bonds is 1. The highest BCUT2D eigenvalue weighted by Crippen LogP contribution is 2.29. The number of carbonyl (C=O) groups is 1. The van der Waals surface area contributed by atoms with Crippen molar-refractivity contribution in [3.8, 4) is 0 Å². The van der Waals surface area contributed by atoms with Crippen molar-refractivity contribution in [2.75, 3.05) is 14.2 Å². The highest BCUT2D eigenvalue weighted by molar-refractivity contribution is 9.11. The number of allylic oxidation sites excluding steroid dienone is 1. The Morgan fingerprint density at radius 2 is 2.00 bits per heavy atom. The predicted molar refractivity (Wildman–Crippen MR) is 56.7 cm³/mol. The zero-order valence-electron chi connectivity index (χ0n) is 7.97. The van der Waals surface area contributed by atoms with E-state index in [0.717, 1.165) is 36.4 Å². The van der Waals surface area contributed by atoms with Crippen LogP contribution in [0, 0.1) is 0 Å². The number of halogens is 1. The molecule has 4 heteroatoms. The van der Waals surface area contributed by atoms with Gasteiger partial charge in [0.05, 0.1) is 7.11 Å². The second-order valence-corrected chi connectivity index (χ2v) is 3.54. The van der Waals surface area contributed by atoms with E-state index >= 15 is 0 Å². The smallest absolute Gasteiger partial charge is 0.334 e. The maximum absolute atomic E-state index is 11.1. The van der Waals surface area contributed by atoms with E-state index < -0.39 is 0 Å². The molecule has 3 nitrogen and oxygen atoms in total. The highest BCUT2D eigenvalue weighted by atomic mass is 79.9.